The van der Waals surface area contributed by atoms with E-state index in [1.54, 1.807) is 18.2 Å². The number of amides is 2. The van der Waals surface area contributed by atoms with Crippen molar-refractivity contribution in [2.75, 3.05) is 17.4 Å². The molecule has 0 spiro atoms. The Morgan fingerprint density at radius 3 is 2.20 bits per heavy atom. The molecule has 0 heterocycles. The lowest BCUT2D eigenvalue weighted by atomic mass is 10.0. The van der Waals surface area contributed by atoms with Gasteiger partial charge in [0.2, 0.25) is 11.8 Å². The zero-order valence-electron chi connectivity index (χ0n) is 25.3. The van der Waals surface area contributed by atoms with Gasteiger partial charge in [0, 0.05) is 19.5 Å². The SMILES string of the molecule is CCCCNC(=O)C(Cc1ccccc1)N(Cc1ccccc1C)C(=O)CN(c1ccc(F)c(Cl)c1)S(=O)(=O)c1ccccc1. The number of benzene rings is 4. The van der Waals surface area contributed by atoms with Crippen LogP contribution in [-0.4, -0.2) is 44.3 Å². The fourth-order valence-electron chi connectivity index (χ4n) is 4.92. The summed E-state index contributed by atoms with van der Waals surface area (Å²) in [6.07, 6.45) is 1.86. The third-order valence-corrected chi connectivity index (χ3v) is 9.58. The number of anilines is 1. The smallest absolute Gasteiger partial charge is 0.264 e. The average molecular weight is 650 g/mol. The van der Waals surface area contributed by atoms with E-state index >= 15 is 0 Å². The molecule has 0 bridgehead atoms. The minimum atomic E-state index is -4.31. The molecular weight excluding hydrogens is 613 g/mol. The minimum Gasteiger partial charge on any atom is -0.354 e. The van der Waals surface area contributed by atoms with Crippen molar-refractivity contribution in [3.8, 4) is 0 Å². The fourth-order valence-corrected chi connectivity index (χ4v) is 6.52. The average Bonchev–Trinajstić information content (AvgIpc) is 3.04. The van der Waals surface area contributed by atoms with Crippen molar-refractivity contribution >= 4 is 39.1 Å². The van der Waals surface area contributed by atoms with Gasteiger partial charge in [0.1, 0.15) is 18.4 Å². The molecule has 45 heavy (non-hydrogen) atoms. The summed E-state index contributed by atoms with van der Waals surface area (Å²) < 4.78 is 43.1. The van der Waals surface area contributed by atoms with E-state index in [9.17, 15) is 22.4 Å². The number of carbonyl (C=O) groups excluding carboxylic acids is 2. The fraction of sp³-hybridized carbons (Fsp3) is 0.257. The maximum atomic E-state index is 14.5. The number of halogens is 2. The molecule has 0 aliphatic carbocycles. The van der Waals surface area contributed by atoms with Gasteiger partial charge in [0.15, 0.2) is 0 Å². The second-order valence-corrected chi connectivity index (χ2v) is 13.0. The Bertz CT molecular complexity index is 1700. The number of nitrogens with zero attached hydrogens (tertiary/aromatic N) is 2. The summed E-state index contributed by atoms with van der Waals surface area (Å²) in [6, 6.07) is 27.1. The maximum absolute atomic E-state index is 14.5. The molecule has 2 amide bonds. The van der Waals surface area contributed by atoms with E-state index in [0.717, 1.165) is 39.9 Å². The molecular formula is C35H37ClFN3O4S. The molecule has 0 fully saturated rings. The van der Waals surface area contributed by atoms with Gasteiger partial charge in [0.25, 0.3) is 10.0 Å². The number of hydrogen-bond donors (Lipinski definition) is 1. The Labute approximate surface area is 269 Å². The second kappa shape index (κ2) is 15.7. The van der Waals surface area contributed by atoms with E-state index in [0.29, 0.717) is 6.54 Å². The Balaban J connectivity index is 1.81. The summed E-state index contributed by atoms with van der Waals surface area (Å²) in [5, 5.41) is 2.68. The van der Waals surface area contributed by atoms with Gasteiger partial charge in [-0.25, -0.2) is 12.8 Å². The van der Waals surface area contributed by atoms with Gasteiger partial charge in [-0.05, 0) is 60.4 Å². The Morgan fingerprint density at radius 2 is 1.56 bits per heavy atom. The van der Waals surface area contributed by atoms with E-state index < -0.39 is 34.3 Å². The molecule has 4 aromatic rings. The zero-order valence-corrected chi connectivity index (χ0v) is 26.9. The predicted octanol–water partition coefficient (Wildman–Crippen LogP) is 6.54. The first-order valence-corrected chi connectivity index (χ1v) is 16.6. The quantitative estimate of drug-likeness (QED) is 0.157. The third-order valence-electron chi connectivity index (χ3n) is 7.50. The van der Waals surface area contributed by atoms with Crippen LogP contribution in [0.3, 0.4) is 0 Å². The van der Waals surface area contributed by atoms with E-state index in [1.807, 2.05) is 68.4 Å². The summed E-state index contributed by atoms with van der Waals surface area (Å²) in [7, 11) is -4.31. The van der Waals surface area contributed by atoms with Crippen LogP contribution in [0, 0.1) is 12.7 Å². The van der Waals surface area contributed by atoms with E-state index in [2.05, 4.69) is 5.32 Å². The van der Waals surface area contributed by atoms with Crippen molar-refractivity contribution in [1.29, 1.82) is 0 Å². The largest absolute Gasteiger partial charge is 0.354 e. The molecule has 236 valence electrons. The van der Waals surface area contributed by atoms with Crippen molar-refractivity contribution in [1.82, 2.24) is 10.2 Å². The molecule has 1 unspecified atom stereocenters. The van der Waals surface area contributed by atoms with Crippen LogP contribution in [0.4, 0.5) is 10.1 Å². The van der Waals surface area contributed by atoms with Gasteiger partial charge in [-0.1, -0.05) is 97.7 Å². The molecule has 0 saturated carbocycles. The van der Waals surface area contributed by atoms with E-state index in [4.69, 9.17) is 11.6 Å². The molecule has 0 radical (unpaired) electrons. The van der Waals surface area contributed by atoms with Crippen LogP contribution in [-0.2, 0) is 32.6 Å². The Kier molecular flexibility index (Phi) is 11.7. The van der Waals surface area contributed by atoms with Crippen molar-refractivity contribution in [2.45, 2.75) is 50.6 Å². The molecule has 4 aromatic carbocycles. The Morgan fingerprint density at radius 1 is 0.911 bits per heavy atom. The number of sulfonamides is 1. The lowest BCUT2D eigenvalue weighted by Crippen LogP contribution is -2.53. The van der Waals surface area contributed by atoms with Crippen molar-refractivity contribution in [3.05, 3.63) is 131 Å². The van der Waals surface area contributed by atoms with Crippen molar-refractivity contribution in [2.24, 2.45) is 0 Å². The number of unbranched alkanes of at least 4 members (excludes halogenated alkanes) is 1. The Hall–Kier alpha value is -4.21. The minimum absolute atomic E-state index is 0.0152. The van der Waals surface area contributed by atoms with Crippen LogP contribution >= 0.6 is 11.6 Å². The number of nitrogens with one attached hydrogen (secondary N) is 1. The number of aryl methyl sites for hydroxylation is 1. The van der Waals surface area contributed by atoms with Crippen LogP contribution < -0.4 is 9.62 Å². The third kappa shape index (κ3) is 8.71. The van der Waals surface area contributed by atoms with Gasteiger partial charge in [-0.3, -0.25) is 13.9 Å². The molecule has 0 aliphatic heterocycles. The van der Waals surface area contributed by atoms with Crippen LogP contribution in [0.15, 0.2) is 108 Å². The molecule has 0 aromatic heterocycles. The zero-order chi connectivity index (χ0) is 32.4. The summed E-state index contributed by atoms with van der Waals surface area (Å²) in [5.74, 6) is -1.67. The van der Waals surface area contributed by atoms with Gasteiger partial charge in [-0.2, -0.15) is 0 Å². The molecule has 0 saturated heterocycles. The molecule has 7 nitrogen and oxygen atoms in total. The van der Waals surface area contributed by atoms with Gasteiger partial charge < -0.3 is 10.2 Å². The highest BCUT2D eigenvalue weighted by Gasteiger charge is 2.35. The summed E-state index contributed by atoms with van der Waals surface area (Å²) in [4.78, 5) is 29.7. The summed E-state index contributed by atoms with van der Waals surface area (Å²) in [5.41, 5.74) is 2.59. The lowest BCUT2D eigenvalue weighted by molar-refractivity contribution is -0.140. The highest BCUT2D eigenvalue weighted by molar-refractivity contribution is 7.92. The summed E-state index contributed by atoms with van der Waals surface area (Å²) >= 11 is 6.08. The number of hydrogen-bond acceptors (Lipinski definition) is 4. The maximum Gasteiger partial charge on any atom is 0.264 e. The normalized spacial score (nSPS) is 11.9. The van der Waals surface area contributed by atoms with Gasteiger partial charge >= 0.3 is 0 Å². The van der Waals surface area contributed by atoms with Crippen LogP contribution in [0.1, 0.15) is 36.5 Å². The standard InChI is InChI=1S/C35H37ClFN3O4S/c1-3-4-21-38-35(42)33(22-27-14-7-5-8-15-27)39(24-28-16-12-11-13-26(28)2)34(41)25-40(29-19-20-32(37)31(36)23-29)45(43,44)30-17-9-6-10-18-30/h5-20,23,33H,3-4,21-22,24-25H2,1-2H3,(H,38,42). The molecule has 10 heteroatoms. The highest BCUT2D eigenvalue weighted by Crippen LogP contribution is 2.28. The van der Waals surface area contributed by atoms with Crippen LogP contribution in [0.25, 0.3) is 0 Å². The molecule has 1 atom stereocenters. The summed E-state index contributed by atoms with van der Waals surface area (Å²) in [6.45, 7) is 3.78. The van der Waals surface area contributed by atoms with E-state index in [-0.39, 0.29) is 34.5 Å². The number of rotatable bonds is 14. The van der Waals surface area contributed by atoms with Gasteiger partial charge in [-0.15, -0.1) is 0 Å². The van der Waals surface area contributed by atoms with Crippen molar-refractivity contribution < 1.29 is 22.4 Å². The lowest BCUT2D eigenvalue weighted by Gasteiger charge is -2.34. The first-order chi connectivity index (χ1) is 21.6. The number of carbonyl (C=O) groups is 2. The van der Waals surface area contributed by atoms with Crippen molar-refractivity contribution in [3.63, 3.8) is 0 Å². The monoisotopic (exact) mass is 649 g/mol. The first kappa shape index (κ1) is 33.7. The topological polar surface area (TPSA) is 86.8 Å². The van der Waals surface area contributed by atoms with Crippen LogP contribution in [0.2, 0.25) is 5.02 Å². The predicted molar refractivity (Wildman–Crippen MR) is 176 cm³/mol. The molecule has 1 N–H and O–H groups in total. The van der Waals surface area contributed by atoms with Gasteiger partial charge in [0.05, 0.1) is 15.6 Å². The second-order valence-electron chi connectivity index (χ2n) is 10.7. The van der Waals surface area contributed by atoms with E-state index in [1.165, 1.54) is 29.2 Å². The molecule has 0 aliphatic rings. The highest BCUT2D eigenvalue weighted by atomic mass is 35.5. The molecule has 4 rings (SSSR count). The first-order valence-electron chi connectivity index (χ1n) is 14.8. The van der Waals surface area contributed by atoms with Crippen LogP contribution in [0.5, 0.6) is 0 Å².